The minimum Gasteiger partial charge on any atom is -0.391 e. The van der Waals surface area contributed by atoms with Gasteiger partial charge in [-0.05, 0) is 41.8 Å². The van der Waals surface area contributed by atoms with Crippen LogP contribution >= 0.6 is 0 Å². The molecule has 3 fully saturated rings. The highest BCUT2D eigenvalue weighted by molar-refractivity contribution is 6.06. The van der Waals surface area contributed by atoms with Crippen molar-refractivity contribution in [1.82, 2.24) is 9.80 Å². The fourth-order valence-corrected chi connectivity index (χ4v) is 5.35. The van der Waals surface area contributed by atoms with E-state index in [1.54, 1.807) is 24.3 Å². The zero-order chi connectivity index (χ0) is 21.0. The highest BCUT2D eigenvalue weighted by Crippen LogP contribution is 2.53. The summed E-state index contributed by atoms with van der Waals surface area (Å²) >= 11 is 0. The summed E-state index contributed by atoms with van der Waals surface area (Å²) in [6.07, 6.45) is -0.108. The number of benzene rings is 2. The van der Waals surface area contributed by atoms with Crippen LogP contribution in [0.1, 0.15) is 29.2 Å². The summed E-state index contributed by atoms with van der Waals surface area (Å²) in [4.78, 5) is 30.0. The van der Waals surface area contributed by atoms with E-state index in [9.17, 15) is 19.1 Å². The largest absolute Gasteiger partial charge is 0.391 e. The van der Waals surface area contributed by atoms with Crippen molar-refractivity contribution in [3.8, 4) is 6.07 Å². The molecule has 30 heavy (non-hydrogen) atoms. The molecule has 6 nitrogen and oxygen atoms in total. The standard InChI is InChI=1S/C23H20FN3O3/c24-16-7-3-14(4-8-16)12-27-22(29)18-19(23(27)30)21-17(28)9-10-26(21)20(18)15-5-1-13(11-25)2-6-15/h1-8,17-21,28H,9-10,12H2/t17-,18+,19-,20+,21+/m1/s1. The summed E-state index contributed by atoms with van der Waals surface area (Å²) < 4.78 is 13.2. The highest BCUT2D eigenvalue weighted by Gasteiger charge is 2.65. The van der Waals surface area contributed by atoms with Gasteiger partial charge in [0.25, 0.3) is 0 Å². The zero-order valence-corrected chi connectivity index (χ0v) is 16.1. The molecule has 3 saturated heterocycles. The molecule has 1 N–H and O–H groups in total. The average Bonchev–Trinajstić information content (AvgIpc) is 3.36. The average molecular weight is 405 g/mol. The molecule has 7 heteroatoms. The quantitative estimate of drug-likeness (QED) is 0.790. The van der Waals surface area contributed by atoms with Crippen molar-refractivity contribution in [3.05, 3.63) is 71.0 Å². The first-order chi connectivity index (χ1) is 14.5. The molecule has 2 aromatic carbocycles. The first kappa shape index (κ1) is 18.9. The van der Waals surface area contributed by atoms with Crippen LogP contribution in [0.25, 0.3) is 0 Å². The number of aliphatic hydroxyl groups is 1. The van der Waals surface area contributed by atoms with E-state index < -0.39 is 24.0 Å². The van der Waals surface area contributed by atoms with E-state index in [1.807, 2.05) is 12.1 Å². The number of nitrogens with zero attached hydrogens (tertiary/aromatic N) is 3. The molecule has 2 amide bonds. The molecule has 3 heterocycles. The van der Waals surface area contributed by atoms with Gasteiger partial charge in [-0.3, -0.25) is 19.4 Å². The van der Waals surface area contributed by atoms with Crippen LogP contribution in [0.3, 0.4) is 0 Å². The first-order valence-corrected chi connectivity index (χ1v) is 10.0. The van der Waals surface area contributed by atoms with Crippen molar-refractivity contribution >= 4 is 11.8 Å². The van der Waals surface area contributed by atoms with Gasteiger partial charge in [-0.2, -0.15) is 5.26 Å². The number of halogens is 1. The highest BCUT2D eigenvalue weighted by atomic mass is 19.1. The number of rotatable bonds is 3. The number of nitriles is 1. The smallest absolute Gasteiger partial charge is 0.235 e. The van der Waals surface area contributed by atoms with Crippen LogP contribution < -0.4 is 0 Å². The second-order valence-electron chi connectivity index (χ2n) is 8.20. The second-order valence-corrected chi connectivity index (χ2v) is 8.20. The second kappa shape index (κ2) is 7.01. The van der Waals surface area contributed by atoms with E-state index in [-0.39, 0.29) is 30.2 Å². The minimum absolute atomic E-state index is 0.0911. The van der Waals surface area contributed by atoms with E-state index in [4.69, 9.17) is 5.26 Å². The summed E-state index contributed by atoms with van der Waals surface area (Å²) in [5, 5.41) is 19.7. The molecule has 0 spiro atoms. The number of hydrogen-bond donors (Lipinski definition) is 1. The molecule has 0 unspecified atom stereocenters. The van der Waals surface area contributed by atoms with Crippen molar-refractivity contribution in [2.24, 2.45) is 11.8 Å². The number of carbonyl (C=O) groups excluding carboxylic acids is 2. The molecule has 5 atom stereocenters. The number of carbonyl (C=O) groups is 2. The molecule has 152 valence electrons. The number of fused-ring (bicyclic) bond motifs is 3. The normalized spacial score (nSPS) is 30.4. The van der Waals surface area contributed by atoms with Crippen molar-refractivity contribution in [2.75, 3.05) is 6.54 Å². The number of amides is 2. The molecule has 0 saturated carbocycles. The number of imide groups is 1. The van der Waals surface area contributed by atoms with E-state index in [2.05, 4.69) is 11.0 Å². The topological polar surface area (TPSA) is 84.6 Å². The molecule has 5 rings (SSSR count). The monoisotopic (exact) mass is 405 g/mol. The van der Waals surface area contributed by atoms with Crippen LogP contribution in [0.5, 0.6) is 0 Å². The zero-order valence-electron chi connectivity index (χ0n) is 16.1. The predicted octanol–water partition coefficient (Wildman–Crippen LogP) is 1.99. The molecule has 0 bridgehead atoms. The van der Waals surface area contributed by atoms with Gasteiger partial charge < -0.3 is 5.11 Å². The van der Waals surface area contributed by atoms with Crippen LogP contribution in [0, 0.1) is 29.0 Å². The number of hydrogen-bond acceptors (Lipinski definition) is 5. The maximum absolute atomic E-state index is 13.4. The maximum atomic E-state index is 13.4. The lowest BCUT2D eigenvalue weighted by Gasteiger charge is -2.29. The van der Waals surface area contributed by atoms with E-state index >= 15 is 0 Å². The van der Waals surface area contributed by atoms with E-state index in [0.717, 1.165) is 5.56 Å². The predicted molar refractivity (Wildman–Crippen MR) is 104 cm³/mol. The Morgan fingerprint density at radius 3 is 2.37 bits per heavy atom. The van der Waals surface area contributed by atoms with Crippen molar-refractivity contribution in [3.63, 3.8) is 0 Å². The van der Waals surface area contributed by atoms with Gasteiger partial charge in [-0.25, -0.2) is 4.39 Å². The SMILES string of the molecule is N#Cc1ccc([C@H]2[C@H]3C(=O)N(Cc4ccc(F)cc4)C(=O)[C@H]3[C@@H]3[C@H](O)CCN32)cc1. The van der Waals surface area contributed by atoms with Crippen LogP contribution in [-0.2, 0) is 16.1 Å². The first-order valence-electron chi connectivity index (χ1n) is 10.0. The molecular weight excluding hydrogens is 385 g/mol. The van der Waals surface area contributed by atoms with Crippen LogP contribution in [0.15, 0.2) is 48.5 Å². The molecule has 3 aliphatic rings. The van der Waals surface area contributed by atoms with Crippen molar-refractivity contribution < 1.29 is 19.1 Å². The van der Waals surface area contributed by atoms with Gasteiger partial charge in [-0.1, -0.05) is 24.3 Å². The lowest BCUT2D eigenvalue weighted by Crippen LogP contribution is -2.41. The van der Waals surface area contributed by atoms with Crippen LogP contribution in [0.2, 0.25) is 0 Å². The Morgan fingerprint density at radius 1 is 1.03 bits per heavy atom. The molecule has 3 aliphatic heterocycles. The van der Waals surface area contributed by atoms with Gasteiger partial charge in [0.05, 0.1) is 36.1 Å². The number of aliphatic hydroxyl groups excluding tert-OH is 1. The molecule has 2 aromatic rings. The third-order valence-corrected chi connectivity index (χ3v) is 6.65. The summed E-state index contributed by atoms with van der Waals surface area (Å²) in [5.74, 6) is -2.09. The Kier molecular flexibility index (Phi) is 4.42. The molecule has 0 aromatic heterocycles. The van der Waals surface area contributed by atoms with Crippen LogP contribution in [-0.4, -0.2) is 45.4 Å². The Bertz CT molecular complexity index is 1050. The van der Waals surface area contributed by atoms with Gasteiger partial charge in [-0.15, -0.1) is 0 Å². The Morgan fingerprint density at radius 2 is 1.70 bits per heavy atom. The molecule has 0 aliphatic carbocycles. The third-order valence-electron chi connectivity index (χ3n) is 6.65. The summed E-state index contributed by atoms with van der Waals surface area (Å²) in [6.45, 7) is 0.704. The Balaban J connectivity index is 1.51. The lowest BCUT2D eigenvalue weighted by molar-refractivity contribution is -0.142. The molecular formula is C23H20FN3O3. The third kappa shape index (κ3) is 2.76. The van der Waals surface area contributed by atoms with Gasteiger partial charge in [0.1, 0.15) is 5.82 Å². The molecule has 0 radical (unpaired) electrons. The Hall–Kier alpha value is -3.08. The van der Waals surface area contributed by atoms with Gasteiger partial charge in [0.15, 0.2) is 0 Å². The Labute approximate surface area is 173 Å². The summed E-state index contributed by atoms with van der Waals surface area (Å²) in [6, 6.07) is 14.2. The van der Waals surface area contributed by atoms with Gasteiger partial charge in [0, 0.05) is 18.6 Å². The van der Waals surface area contributed by atoms with E-state index in [1.165, 1.54) is 17.0 Å². The van der Waals surface area contributed by atoms with Crippen LogP contribution in [0.4, 0.5) is 4.39 Å². The van der Waals surface area contributed by atoms with Gasteiger partial charge in [0.2, 0.25) is 11.8 Å². The fourth-order valence-electron chi connectivity index (χ4n) is 5.35. The van der Waals surface area contributed by atoms with Crippen molar-refractivity contribution in [2.45, 2.75) is 31.2 Å². The lowest BCUT2D eigenvalue weighted by atomic mass is 9.84. The van der Waals surface area contributed by atoms with Gasteiger partial charge >= 0.3 is 0 Å². The maximum Gasteiger partial charge on any atom is 0.235 e. The summed E-state index contributed by atoms with van der Waals surface area (Å²) in [7, 11) is 0. The minimum atomic E-state index is -0.664. The van der Waals surface area contributed by atoms with E-state index in [0.29, 0.717) is 24.1 Å². The van der Waals surface area contributed by atoms with Crippen molar-refractivity contribution in [1.29, 1.82) is 5.26 Å². The number of likely N-dealkylation sites (tertiary alicyclic amines) is 1. The summed E-state index contributed by atoms with van der Waals surface area (Å²) in [5.41, 5.74) is 2.07. The fraction of sp³-hybridized carbons (Fsp3) is 0.348.